The average molecular weight is 381 g/mol. The summed E-state index contributed by atoms with van der Waals surface area (Å²) in [5.41, 5.74) is 6.51. The number of rotatable bonds is 1. The summed E-state index contributed by atoms with van der Waals surface area (Å²) in [5, 5.41) is 5.15. The molecule has 3 aromatic carbocycles. The average Bonchev–Trinajstić information content (AvgIpc) is 3.28. The van der Waals surface area contributed by atoms with E-state index in [1.807, 2.05) is 0 Å². The number of nitrogens with zero attached hydrogens (tertiary/aromatic N) is 1. The van der Waals surface area contributed by atoms with Gasteiger partial charge in [0.15, 0.2) is 6.20 Å². The highest BCUT2D eigenvalue weighted by atomic mass is 16.5. The Morgan fingerprint density at radius 2 is 1.66 bits per heavy atom. The molecule has 1 aliphatic heterocycles. The first-order valence-electron chi connectivity index (χ1n) is 10.8. The molecule has 2 heteroatoms. The number of benzene rings is 3. The van der Waals surface area contributed by atoms with Crippen LogP contribution in [0.15, 0.2) is 48.7 Å². The molecule has 4 aromatic rings. The summed E-state index contributed by atoms with van der Waals surface area (Å²) in [7, 11) is 2.16. The van der Waals surface area contributed by atoms with Crippen LogP contribution in [-0.2, 0) is 7.05 Å². The summed E-state index contributed by atoms with van der Waals surface area (Å²) >= 11 is 0. The fourth-order valence-electron chi connectivity index (χ4n) is 5.64. The van der Waals surface area contributed by atoms with Crippen LogP contribution in [0.3, 0.4) is 0 Å². The van der Waals surface area contributed by atoms with Crippen LogP contribution in [0.2, 0.25) is 0 Å². The molecular formula is C27H26NO+. The van der Waals surface area contributed by atoms with Gasteiger partial charge in [0.05, 0.1) is 10.9 Å². The van der Waals surface area contributed by atoms with Gasteiger partial charge < -0.3 is 4.74 Å². The molecule has 2 nitrogen and oxygen atoms in total. The van der Waals surface area contributed by atoms with Crippen molar-refractivity contribution in [3.05, 3.63) is 65.4 Å². The van der Waals surface area contributed by atoms with Crippen molar-refractivity contribution in [2.24, 2.45) is 7.05 Å². The van der Waals surface area contributed by atoms with Crippen LogP contribution in [0.5, 0.6) is 11.5 Å². The van der Waals surface area contributed by atoms with Crippen molar-refractivity contribution in [2.45, 2.75) is 45.4 Å². The maximum Gasteiger partial charge on any atom is 0.228 e. The molecule has 0 atom stereocenters. The summed E-state index contributed by atoms with van der Waals surface area (Å²) < 4.78 is 8.98. The number of aromatic nitrogens is 1. The maximum atomic E-state index is 6.71. The first kappa shape index (κ1) is 17.0. The van der Waals surface area contributed by atoms with Crippen molar-refractivity contribution >= 4 is 21.5 Å². The van der Waals surface area contributed by atoms with Crippen LogP contribution in [0, 0.1) is 13.8 Å². The monoisotopic (exact) mass is 380 g/mol. The second-order valence-electron chi connectivity index (χ2n) is 8.84. The van der Waals surface area contributed by atoms with Crippen molar-refractivity contribution < 1.29 is 9.30 Å². The fraction of sp³-hybridized carbons (Fsp3) is 0.296. The lowest BCUT2D eigenvalue weighted by Gasteiger charge is -2.25. The minimum absolute atomic E-state index is 0.678. The SMILES string of the molecule is Cc1c2c(c(C)c3ccccc13)-c1c3c(cc(C4CCCC4)cc3cc[n+]1C)O2. The Kier molecular flexibility index (Phi) is 3.56. The molecule has 1 aromatic heterocycles. The van der Waals surface area contributed by atoms with E-state index < -0.39 is 0 Å². The third kappa shape index (κ3) is 2.32. The largest absolute Gasteiger partial charge is 0.455 e. The van der Waals surface area contributed by atoms with E-state index in [1.54, 1.807) is 0 Å². The zero-order valence-electron chi connectivity index (χ0n) is 17.4. The molecule has 1 fully saturated rings. The number of hydrogen-bond acceptors (Lipinski definition) is 1. The number of hydrogen-bond donors (Lipinski definition) is 0. The Morgan fingerprint density at radius 1 is 0.931 bits per heavy atom. The molecule has 1 saturated carbocycles. The van der Waals surface area contributed by atoms with E-state index in [0.717, 1.165) is 11.5 Å². The number of fused-ring (bicyclic) bond motifs is 3. The zero-order chi connectivity index (χ0) is 19.7. The lowest BCUT2D eigenvalue weighted by molar-refractivity contribution is -0.659. The predicted molar refractivity (Wildman–Crippen MR) is 119 cm³/mol. The van der Waals surface area contributed by atoms with Crippen LogP contribution >= 0.6 is 0 Å². The molecule has 0 radical (unpaired) electrons. The highest BCUT2D eigenvalue weighted by Gasteiger charge is 2.32. The number of aryl methyl sites for hydroxylation is 3. The van der Waals surface area contributed by atoms with E-state index in [4.69, 9.17) is 4.74 Å². The molecule has 1 aliphatic carbocycles. The van der Waals surface area contributed by atoms with E-state index in [0.29, 0.717) is 5.92 Å². The van der Waals surface area contributed by atoms with Crippen molar-refractivity contribution in [2.75, 3.05) is 0 Å². The van der Waals surface area contributed by atoms with Gasteiger partial charge in [-0.1, -0.05) is 43.2 Å². The Balaban J connectivity index is 1.72. The third-order valence-corrected chi connectivity index (χ3v) is 7.18. The summed E-state index contributed by atoms with van der Waals surface area (Å²) in [6.07, 6.45) is 7.51. The fourth-order valence-corrected chi connectivity index (χ4v) is 5.64. The molecule has 6 rings (SSSR count). The summed E-state index contributed by atoms with van der Waals surface area (Å²) in [6, 6.07) is 15.7. The second-order valence-corrected chi connectivity index (χ2v) is 8.84. The van der Waals surface area contributed by atoms with Crippen molar-refractivity contribution in [1.82, 2.24) is 0 Å². The van der Waals surface area contributed by atoms with Crippen molar-refractivity contribution in [3.63, 3.8) is 0 Å². The van der Waals surface area contributed by atoms with E-state index in [2.05, 4.69) is 74.1 Å². The first-order chi connectivity index (χ1) is 14.1. The Labute approximate surface area is 171 Å². The number of ether oxygens (including phenoxy) is 1. The van der Waals surface area contributed by atoms with Crippen molar-refractivity contribution in [3.8, 4) is 22.8 Å². The molecule has 2 aliphatic rings. The Bertz CT molecular complexity index is 1310. The lowest BCUT2D eigenvalue weighted by atomic mass is 9.87. The van der Waals surface area contributed by atoms with E-state index in [-0.39, 0.29) is 0 Å². The highest BCUT2D eigenvalue weighted by Crippen LogP contribution is 2.51. The quantitative estimate of drug-likeness (QED) is 0.289. The van der Waals surface area contributed by atoms with Gasteiger partial charge in [0.1, 0.15) is 18.5 Å². The van der Waals surface area contributed by atoms with Gasteiger partial charge in [0, 0.05) is 11.6 Å². The standard InChI is InChI=1S/C27H26NO/c1-16-21-10-6-7-11-22(21)17(2)27-24(16)26-25-19(12-13-28(26)3)14-20(15-23(25)29-27)18-8-4-5-9-18/h6-7,10-15,18H,4-5,8-9H2,1-3H3/q+1. The van der Waals surface area contributed by atoms with Gasteiger partial charge in [-0.05, 0) is 66.0 Å². The third-order valence-electron chi connectivity index (χ3n) is 7.18. The molecule has 0 unspecified atom stereocenters. The molecule has 144 valence electrons. The number of pyridine rings is 1. The van der Waals surface area contributed by atoms with E-state index in [1.165, 1.54) is 75.2 Å². The molecule has 0 bridgehead atoms. The van der Waals surface area contributed by atoms with Gasteiger partial charge in [-0.2, -0.15) is 0 Å². The molecule has 0 saturated heterocycles. The summed E-state index contributed by atoms with van der Waals surface area (Å²) in [4.78, 5) is 0. The van der Waals surface area contributed by atoms with Crippen LogP contribution in [0.4, 0.5) is 0 Å². The summed E-state index contributed by atoms with van der Waals surface area (Å²) in [5.74, 6) is 2.73. The highest BCUT2D eigenvalue weighted by molar-refractivity contribution is 6.06. The minimum atomic E-state index is 0.678. The molecule has 0 amide bonds. The van der Waals surface area contributed by atoms with Crippen molar-refractivity contribution in [1.29, 1.82) is 0 Å². The van der Waals surface area contributed by atoms with Crippen LogP contribution in [0.1, 0.15) is 48.3 Å². The van der Waals surface area contributed by atoms with Gasteiger partial charge in [-0.25, -0.2) is 4.57 Å². The Hall–Kier alpha value is -2.87. The van der Waals surface area contributed by atoms with Gasteiger partial charge in [0.2, 0.25) is 5.69 Å². The van der Waals surface area contributed by atoms with Gasteiger partial charge in [-0.15, -0.1) is 0 Å². The minimum Gasteiger partial charge on any atom is -0.455 e. The second kappa shape index (κ2) is 6.06. The molecule has 29 heavy (non-hydrogen) atoms. The molecule has 0 N–H and O–H groups in total. The van der Waals surface area contributed by atoms with Gasteiger partial charge in [-0.3, -0.25) is 0 Å². The maximum absolute atomic E-state index is 6.71. The van der Waals surface area contributed by atoms with Gasteiger partial charge in [0.25, 0.3) is 0 Å². The molecule has 0 spiro atoms. The van der Waals surface area contributed by atoms with Crippen LogP contribution < -0.4 is 9.30 Å². The lowest BCUT2D eigenvalue weighted by Crippen LogP contribution is -2.32. The van der Waals surface area contributed by atoms with E-state index >= 15 is 0 Å². The smallest absolute Gasteiger partial charge is 0.228 e. The van der Waals surface area contributed by atoms with Crippen LogP contribution in [-0.4, -0.2) is 0 Å². The predicted octanol–water partition coefficient (Wildman–Crippen LogP) is 6.86. The summed E-state index contributed by atoms with van der Waals surface area (Å²) in [6.45, 7) is 4.44. The zero-order valence-corrected chi connectivity index (χ0v) is 17.4. The van der Waals surface area contributed by atoms with Gasteiger partial charge >= 0.3 is 0 Å². The Morgan fingerprint density at radius 3 is 2.41 bits per heavy atom. The molecular weight excluding hydrogens is 354 g/mol. The molecule has 2 heterocycles. The van der Waals surface area contributed by atoms with Crippen LogP contribution in [0.25, 0.3) is 32.8 Å². The first-order valence-corrected chi connectivity index (χ1v) is 10.8. The van der Waals surface area contributed by atoms with E-state index in [9.17, 15) is 0 Å². The normalized spacial score (nSPS) is 15.7. The topological polar surface area (TPSA) is 13.1 Å².